The summed E-state index contributed by atoms with van der Waals surface area (Å²) in [4.78, 5) is 0. The summed E-state index contributed by atoms with van der Waals surface area (Å²) in [5, 5.41) is 2.64. The second-order valence-corrected chi connectivity index (χ2v) is 4.15. The van der Waals surface area contributed by atoms with Crippen LogP contribution in [0.15, 0.2) is 17.5 Å². The van der Waals surface area contributed by atoms with Crippen LogP contribution in [-0.4, -0.2) is 0 Å². The number of benzene rings is 1. The summed E-state index contributed by atoms with van der Waals surface area (Å²) in [7, 11) is 0. The molecule has 5 heteroatoms. The van der Waals surface area contributed by atoms with E-state index in [0.717, 1.165) is 0 Å². The highest BCUT2D eigenvalue weighted by Crippen LogP contribution is 2.39. The van der Waals surface area contributed by atoms with E-state index in [-0.39, 0.29) is 16.3 Å². The van der Waals surface area contributed by atoms with E-state index in [2.05, 4.69) is 0 Å². The van der Waals surface area contributed by atoms with Crippen LogP contribution in [0.3, 0.4) is 0 Å². The van der Waals surface area contributed by atoms with E-state index < -0.39 is 6.43 Å². The van der Waals surface area contributed by atoms with Gasteiger partial charge in [0.2, 0.25) is 0 Å². The van der Waals surface area contributed by atoms with E-state index in [1.165, 1.54) is 11.3 Å². The van der Waals surface area contributed by atoms with Crippen LogP contribution in [0.1, 0.15) is 12.0 Å². The van der Waals surface area contributed by atoms with Crippen molar-refractivity contribution in [3.63, 3.8) is 0 Å². The Hall–Kier alpha value is -0.870. The van der Waals surface area contributed by atoms with Gasteiger partial charge in [0.1, 0.15) is 0 Å². The number of rotatable bonds is 1. The molecule has 0 radical (unpaired) electrons. The Morgan fingerprint density at radius 1 is 1.43 bits per heavy atom. The second kappa shape index (κ2) is 3.37. The van der Waals surface area contributed by atoms with E-state index >= 15 is 0 Å². The Morgan fingerprint density at radius 2 is 2.14 bits per heavy atom. The van der Waals surface area contributed by atoms with Gasteiger partial charge in [0.25, 0.3) is 6.43 Å². The molecule has 1 aromatic carbocycles. The minimum absolute atomic E-state index is 0.0170. The Balaban J connectivity index is 2.86. The van der Waals surface area contributed by atoms with Gasteiger partial charge in [0.15, 0.2) is 0 Å². The van der Waals surface area contributed by atoms with Crippen molar-refractivity contribution in [3.8, 4) is 0 Å². The topological polar surface area (TPSA) is 26.0 Å². The molecule has 0 saturated heterocycles. The summed E-state index contributed by atoms with van der Waals surface area (Å²) in [6, 6.07) is 3.35. The van der Waals surface area contributed by atoms with Gasteiger partial charge in [-0.3, -0.25) is 0 Å². The smallest absolute Gasteiger partial charge is 0.267 e. The number of hydrogen-bond donors (Lipinski definition) is 1. The molecule has 0 aliphatic heterocycles. The third kappa shape index (κ3) is 1.35. The van der Waals surface area contributed by atoms with Crippen molar-refractivity contribution >= 4 is 38.7 Å². The number of alkyl halides is 2. The fourth-order valence-electron chi connectivity index (χ4n) is 1.33. The lowest BCUT2D eigenvalue weighted by molar-refractivity contribution is 0.154. The molecule has 2 N–H and O–H groups in total. The molecular weight excluding hydrogens is 228 g/mol. The molecule has 1 heterocycles. The zero-order chi connectivity index (χ0) is 10.3. The van der Waals surface area contributed by atoms with E-state index in [1.54, 1.807) is 17.5 Å². The predicted octanol–water partition coefficient (Wildman–Crippen LogP) is 4.07. The van der Waals surface area contributed by atoms with Crippen molar-refractivity contribution in [1.29, 1.82) is 0 Å². The minimum Gasteiger partial charge on any atom is -0.397 e. The van der Waals surface area contributed by atoms with E-state index in [9.17, 15) is 8.78 Å². The Kier molecular flexibility index (Phi) is 2.33. The normalized spacial score (nSPS) is 11.4. The lowest BCUT2D eigenvalue weighted by Gasteiger charge is -2.07. The van der Waals surface area contributed by atoms with Crippen molar-refractivity contribution in [3.05, 3.63) is 28.1 Å². The van der Waals surface area contributed by atoms with Gasteiger partial charge < -0.3 is 5.73 Å². The molecule has 2 rings (SSSR count). The average molecular weight is 234 g/mol. The number of nitrogen functional groups attached to an aromatic ring is 1. The molecule has 0 atom stereocenters. The molecule has 0 saturated carbocycles. The summed E-state index contributed by atoms with van der Waals surface area (Å²) in [6.45, 7) is 0. The molecule has 1 nitrogen and oxygen atoms in total. The van der Waals surface area contributed by atoms with Crippen LogP contribution in [0, 0.1) is 0 Å². The summed E-state index contributed by atoms with van der Waals surface area (Å²) in [5.41, 5.74) is 5.34. The molecule has 1 aromatic heterocycles. The van der Waals surface area contributed by atoms with Gasteiger partial charge in [0, 0.05) is 4.70 Å². The number of thiophene rings is 1. The largest absolute Gasteiger partial charge is 0.397 e. The minimum atomic E-state index is -2.59. The molecule has 0 bridgehead atoms. The van der Waals surface area contributed by atoms with E-state index in [1.807, 2.05) is 0 Å². The maximum atomic E-state index is 12.7. The second-order valence-electron chi connectivity index (χ2n) is 2.83. The highest BCUT2D eigenvalue weighted by molar-refractivity contribution is 7.17. The number of nitrogens with two attached hydrogens (primary N) is 1. The lowest BCUT2D eigenvalue weighted by atomic mass is 10.1. The molecular formula is C9H6ClF2NS. The standard InChI is InChI=1S/C9H6ClF2NS/c10-5-3-4-1-2-14-8(4)6(7(5)13)9(11)12/h1-3,9H,13H2. The molecule has 14 heavy (non-hydrogen) atoms. The highest BCUT2D eigenvalue weighted by atomic mass is 35.5. The third-order valence-electron chi connectivity index (χ3n) is 1.99. The number of hydrogen-bond acceptors (Lipinski definition) is 2. The summed E-state index contributed by atoms with van der Waals surface area (Å²) < 4.78 is 25.9. The van der Waals surface area contributed by atoms with Crippen molar-refractivity contribution in [2.24, 2.45) is 0 Å². The zero-order valence-corrected chi connectivity index (χ0v) is 8.50. The molecule has 2 aromatic rings. The SMILES string of the molecule is Nc1c(Cl)cc2ccsc2c1C(F)F. The van der Waals surface area contributed by atoms with Gasteiger partial charge in [0.05, 0.1) is 16.3 Å². The van der Waals surface area contributed by atoms with Crippen molar-refractivity contribution in [2.75, 3.05) is 5.73 Å². The third-order valence-corrected chi connectivity index (χ3v) is 3.26. The summed E-state index contributed by atoms with van der Waals surface area (Å²) in [5.74, 6) is 0. The number of halogens is 3. The van der Waals surface area contributed by atoms with Crippen LogP contribution >= 0.6 is 22.9 Å². The van der Waals surface area contributed by atoms with Crippen LogP contribution in [0.4, 0.5) is 14.5 Å². The van der Waals surface area contributed by atoms with Crippen LogP contribution in [0.2, 0.25) is 5.02 Å². The van der Waals surface area contributed by atoms with Gasteiger partial charge in [-0.05, 0) is 22.9 Å². The first-order chi connectivity index (χ1) is 6.61. The Labute approximate surface area is 88.1 Å². The van der Waals surface area contributed by atoms with Crippen molar-refractivity contribution in [2.45, 2.75) is 6.43 Å². The van der Waals surface area contributed by atoms with Crippen molar-refractivity contribution < 1.29 is 8.78 Å². The quantitative estimate of drug-likeness (QED) is 0.738. The average Bonchev–Trinajstić information content (AvgIpc) is 2.52. The highest BCUT2D eigenvalue weighted by Gasteiger charge is 2.18. The van der Waals surface area contributed by atoms with E-state index in [0.29, 0.717) is 10.1 Å². The fourth-order valence-corrected chi connectivity index (χ4v) is 2.49. The summed E-state index contributed by atoms with van der Waals surface area (Å²) >= 11 is 6.99. The Morgan fingerprint density at radius 3 is 2.79 bits per heavy atom. The molecule has 0 aliphatic carbocycles. The molecule has 0 aliphatic rings. The molecule has 74 valence electrons. The maximum absolute atomic E-state index is 12.7. The number of fused-ring (bicyclic) bond motifs is 1. The first-order valence-electron chi connectivity index (χ1n) is 3.84. The van der Waals surface area contributed by atoms with E-state index in [4.69, 9.17) is 17.3 Å². The maximum Gasteiger partial charge on any atom is 0.267 e. The molecule has 0 spiro atoms. The van der Waals surface area contributed by atoms with Crippen LogP contribution in [-0.2, 0) is 0 Å². The first kappa shape index (κ1) is 9.68. The lowest BCUT2D eigenvalue weighted by Crippen LogP contribution is -1.95. The van der Waals surface area contributed by atoms with Crippen LogP contribution in [0.25, 0.3) is 10.1 Å². The Bertz CT molecular complexity index is 481. The molecule has 0 amide bonds. The van der Waals surface area contributed by atoms with Gasteiger partial charge in [-0.25, -0.2) is 8.78 Å². The van der Waals surface area contributed by atoms with Gasteiger partial charge in [-0.2, -0.15) is 0 Å². The van der Waals surface area contributed by atoms with Crippen LogP contribution in [0.5, 0.6) is 0 Å². The molecule has 0 unspecified atom stereocenters. The van der Waals surface area contributed by atoms with Gasteiger partial charge in [-0.15, -0.1) is 11.3 Å². The number of anilines is 1. The van der Waals surface area contributed by atoms with Crippen LogP contribution < -0.4 is 5.73 Å². The fraction of sp³-hybridized carbons (Fsp3) is 0.111. The van der Waals surface area contributed by atoms with Crippen molar-refractivity contribution in [1.82, 2.24) is 0 Å². The van der Waals surface area contributed by atoms with Gasteiger partial charge in [-0.1, -0.05) is 11.6 Å². The predicted molar refractivity (Wildman–Crippen MR) is 56.2 cm³/mol. The zero-order valence-electron chi connectivity index (χ0n) is 6.93. The first-order valence-corrected chi connectivity index (χ1v) is 5.10. The van der Waals surface area contributed by atoms with Gasteiger partial charge >= 0.3 is 0 Å². The monoisotopic (exact) mass is 233 g/mol. The summed E-state index contributed by atoms with van der Waals surface area (Å²) in [6.07, 6.45) is -2.59. The molecule has 0 fully saturated rings.